The van der Waals surface area contributed by atoms with Gasteiger partial charge in [-0.05, 0) is 74.6 Å². The van der Waals surface area contributed by atoms with Crippen LogP contribution in [0.3, 0.4) is 0 Å². The Kier molecular flexibility index (Phi) is 8.27. The van der Waals surface area contributed by atoms with Gasteiger partial charge in [0.1, 0.15) is 17.7 Å². The molecule has 1 aliphatic carbocycles. The summed E-state index contributed by atoms with van der Waals surface area (Å²) in [6.07, 6.45) is 3.59. The minimum absolute atomic E-state index is 0.128. The van der Waals surface area contributed by atoms with E-state index in [4.69, 9.17) is 44.1 Å². The van der Waals surface area contributed by atoms with Gasteiger partial charge in [-0.1, -0.05) is 70.0 Å². The molecule has 1 saturated carbocycles. The van der Waals surface area contributed by atoms with Crippen LogP contribution in [-0.2, 0) is 0 Å². The van der Waals surface area contributed by atoms with Crippen molar-refractivity contribution in [2.75, 3.05) is 5.32 Å². The molecule has 0 aliphatic heterocycles. The highest BCUT2D eigenvalue weighted by atomic mass is 35.5. The Morgan fingerprint density at radius 3 is 2.62 bits per heavy atom. The van der Waals surface area contributed by atoms with Crippen molar-refractivity contribution in [1.82, 2.24) is 5.16 Å². The number of nitrogens with one attached hydrogen (secondary N) is 1. The van der Waals surface area contributed by atoms with Crippen LogP contribution >= 0.6 is 34.8 Å². The van der Waals surface area contributed by atoms with Crippen LogP contribution < -0.4 is 10.1 Å². The monoisotopic (exact) mass is 594 g/mol. The number of hydrogen-bond acceptors (Lipinski definition) is 5. The van der Waals surface area contributed by atoms with Crippen molar-refractivity contribution in [3.8, 4) is 28.8 Å². The predicted octanol–water partition coefficient (Wildman–Crippen LogP) is 8.76. The fourth-order valence-corrected chi connectivity index (χ4v) is 5.27. The zero-order chi connectivity index (χ0) is 28.4. The first kappa shape index (κ1) is 27.9. The molecule has 0 spiro atoms. The number of aromatic carboxylic acids is 1. The van der Waals surface area contributed by atoms with E-state index in [2.05, 4.69) is 22.3 Å². The molecule has 1 aromatic heterocycles. The van der Waals surface area contributed by atoms with Gasteiger partial charge in [-0.2, -0.15) is 0 Å². The molecule has 0 saturated heterocycles. The zero-order valence-corrected chi connectivity index (χ0v) is 23.9. The number of nitrogens with zero attached hydrogens (tertiary/aromatic N) is 1. The van der Waals surface area contributed by atoms with Gasteiger partial charge in [0, 0.05) is 22.9 Å². The maximum atomic E-state index is 11.6. The van der Waals surface area contributed by atoms with Crippen LogP contribution in [-0.4, -0.2) is 22.3 Å². The van der Waals surface area contributed by atoms with Crippen LogP contribution in [0, 0.1) is 11.8 Å². The van der Waals surface area contributed by atoms with E-state index < -0.39 is 11.5 Å². The normalized spacial score (nSPS) is 13.4. The van der Waals surface area contributed by atoms with Crippen molar-refractivity contribution < 1.29 is 19.2 Å². The van der Waals surface area contributed by atoms with Gasteiger partial charge < -0.3 is 19.7 Å². The zero-order valence-electron chi connectivity index (χ0n) is 21.7. The Morgan fingerprint density at radius 2 is 1.90 bits per heavy atom. The fourth-order valence-electron chi connectivity index (χ4n) is 4.32. The second kappa shape index (κ2) is 11.9. The molecule has 40 heavy (non-hydrogen) atoms. The number of benzene rings is 3. The van der Waals surface area contributed by atoms with E-state index >= 15 is 0 Å². The Balaban J connectivity index is 1.44. The lowest BCUT2D eigenvalue weighted by atomic mass is 10.0. The Hall–Kier alpha value is -3.63. The summed E-state index contributed by atoms with van der Waals surface area (Å²) >= 11 is 20.0. The van der Waals surface area contributed by atoms with E-state index in [1.54, 1.807) is 30.3 Å². The van der Waals surface area contributed by atoms with E-state index in [0.717, 1.165) is 18.4 Å². The van der Waals surface area contributed by atoms with Gasteiger partial charge in [0.2, 0.25) is 5.56 Å². The highest BCUT2D eigenvalue weighted by Crippen LogP contribution is 2.48. The number of para-hydroxylation sites is 1. The first-order valence-electron chi connectivity index (χ1n) is 12.7. The maximum Gasteiger partial charge on any atom is 0.335 e. The van der Waals surface area contributed by atoms with Crippen molar-refractivity contribution in [3.63, 3.8) is 0 Å². The summed E-state index contributed by atoms with van der Waals surface area (Å²) in [5, 5.41) is 17.9. The third-order valence-electron chi connectivity index (χ3n) is 6.31. The third-order valence-corrected chi connectivity index (χ3v) is 7.36. The number of alkyl halides is 1. The third kappa shape index (κ3) is 6.23. The largest absolute Gasteiger partial charge is 0.478 e. The first-order chi connectivity index (χ1) is 19.2. The minimum Gasteiger partial charge on any atom is -0.478 e. The van der Waals surface area contributed by atoms with Crippen molar-refractivity contribution in [1.29, 1.82) is 0 Å². The standard InChI is InChI=1S/C31H25Cl3N2O4/c1-17(2)35-22-14-18(13-21(15-22)31(37)38)7-8-20-5-3-4-6-26(20)40-30(34)24-16-39-36-29(24)27-25(32)12-11-23(28(27)33)19-9-10-19/h3-6,11-17,19,30,35H,9-10H2,1-2H3,(H,37,38). The van der Waals surface area contributed by atoms with Gasteiger partial charge in [0.05, 0.1) is 26.7 Å². The molecule has 0 bridgehead atoms. The van der Waals surface area contributed by atoms with Crippen molar-refractivity contribution in [2.45, 2.75) is 44.2 Å². The summed E-state index contributed by atoms with van der Waals surface area (Å²) in [6.45, 7) is 3.95. The van der Waals surface area contributed by atoms with Gasteiger partial charge >= 0.3 is 5.97 Å². The molecular formula is C31H25Cl3N2O4. The summed E-state index contributed by atoms with van der Waals surface area (Å²) in [7, 11) is 0. The van der Waals surface area contributed by atoms with Gasteiger partial charge in [-0.15, -0.1) is 0 Å². The van der Waals surface area contributed by atoms with Gasteiger partial charge in [0.15, 0.2) is 0 Å². The maximum absolute atomic E-state index is 11.6. The van der Waals surface area contributed by atoms with Crippen LogP contribution in [0.1, 0.15) is 70.8 Å². The van der Waals surface area contributed by atoms with Crippen LogP contribution in [0.25, 0.3) is 11.3 Å². The molecule has 1 heterocycles. The minimum atomic E-state index is -1.03. The second-order valence-electron chi connectivity index (χ2n) is 9.80. The molecule has 204 valence electrons. The van der Waals surface area contributed by atoms with E-state index in [1.165, 1.54) is 12.3 Å². The van der Waals surface area contributed by atoms with E-state index in [1.807, 2.05) is 32.0 Å². The molecule has 0 radical (unpaired) electrons. The molecule has 6 nitrogen and oxygen atoms in total. The molecule has 5 rings (SSSR count). The Labute approximate surface area is 247 Å². The number of halogens is 3. The Morgan fingerprint density at radius 1 is 1.12 bits per heavy atom. The molecule has 1 aliphatic rings. The highest BCUT2D eigenvalue weighted by Gasteiger charge is 2.30. The molecule has 1 atom stereocenters. The summed E-state index contributed by atoms with van der Waals surface area (Å²) in [5.41, 5.74) is 3.41. The van der Waals surface area contributed by atoms with E-state index in [-0.39, 0.29) is 11.6 Å². The summed E-state index contributed by atoms with van der Waals surface area (Å²) < 4.78 is 11.4. The lowest BCUT2D eigenvalue weighted by Gasteiger charge is -2.15. The summed E-state index contributed by atoms with van der Waals surface area (Å²) in [6, 6.07) is 16.0. The molecule has 0 amide bonds. The van der Waals surface area contributed by atoms with Crippen molar-refractivity contribution in [2.24, 2.45) is 0 Å². The number of carboxylic acids is 1. The number of carbonyl (C=O) groups is 1. The number of aromatic nitrogens is 1. The van der Waals surface area contributed by atoms with Gasteiger partial charge in [0.25, 0.3) is 0 Å². The van der Waals surface area contributed by atoms with E-state index in [0.29, 0.717) is 55.3 Å². The van der Waals surface area contributed by atoms with Crippen LogP contribution in [0.2, 0.25) is 10.0 Å². The number of anilines is 1. The average molecular weight is 596 g/mol. The first-order valence-corrected chi connectivity index (χ1v) is 13.9. The molecular weight excluding hydrogens is 571 g/mol. The van der Waals surface area contributed by atoms with Crippen molar-refractivity contribution in [3.05, 3.63) is 98.7 Å². The van der Waals surface area contributed by atoms with Crippen LogP contribution in [0.4, 0.5) is 5.69 Å². The summed E-state index contributed by atoms with van der Waals surface area (Å²) in [5.74, 6) is 5.95. The molecule has 1 unspecified atom stereocenters. The van der Waals surface area contributed by atoms with Crippen LogP contribution in [0.5, 0.6) is 5.75 Å². The number of rotatable bonds is 8. The van der Waals surface area contributed by atoms with E-state index in [9.17, 15) is 9.90 Å². The molecule has 9 heteroatoms. The Bertz CT molecular complexity index is 1630. The highest BCUT2D eigenvalue weighted by molar-refractivity contribution is 6.39. The van der Waals surface area contributed by atoms with Crippen LogP contribution in [0.15, 0.2) is 65.4 Å². The number of carboxylic acid groups (broad SMARTS) is 1. The topological polar surface area (TPSA) is 84.6 Å². The molecule has 1 fully saturated rings. The predicted molar refractivity (Wildman–Crippen MR) is 158 cm³/mol. The average Bonchev–Trinajstić information content (AvgIpc) is 3.63. The quantitative estimate of drug-likeness (QED) is 0.156. The molecule has 3 aromatic carbocycles. The van der Waals surface area contributed by atoms with Crippen molar-refractivity contribution >= 4 is 46.5 Å². The van der Waals surface area contributed by atoms with Gasteiger partial charge in [-0.3, -0.25) is 0 Å². The fraction of sp³-hybridized carbons (Fsp3) is 0.226. The number of hydrogen-bond donors (Lipinski definition) is 2. The lowest BCUT2D eigenvalue weighted by molar-refractivity contribution is 0.0697. The van der Waals surface area contributed by atoms with Gasteiger partial charge in [-0.25, -0.2) is 4.79 Å². The smallest absolute Gasteiger partial charge is 0.335 e. The SMILES string of the molecule is CC(C)Nc1cc(C#Cc2ccccc2OC(Cl)c2conc2-c2c(Cl)ccc(C3CC3)c2Cl)cc(C(=O)O)c1. The molecule has 4 aromatic rings. The molecule has 2 N–H and O–H groups in total. The lowest BCUT2D eigenvalue weighted by Crippen LogP contribution is -2.10. The second-order valence-corrected chi connectivity index (χ2v) is 11.0. The number of ether oxygens (including phenoxy) is 1. The summed E-state index contributed by atoms with van der Waals surface area (Å²) in [4.78, 5) is 11.6.